The Labute approximate surface area is 117 Å². The van der Waals surface area contributed by atoms with Crippen LogP contribution in [0.5, 0.6) is 0 Å². The average molecular weight is 289 g/mol. The highest BCUT2D eigenvalue weighted by Crippen LogP contribution is 2.32. The van der Waals surface area contributed by atoms with Gasteiger partial charge in [-0.25, -0.2) is 9.78 Å². The van der Waals surface area contributed by atoms with Gasteiger partial charge in [-0.05, 0) is 18.2 Å². The standard InChI is InChI=1S/C13H11N3O3S/c1-16(2)13-15-10-6-5-7(12(18)19)11(17)14-8(6)3-4-9(10)20-13/h3-5H,1-2H3,(H,14,17)(H,18,19). The van der Waals surface area contributed by atoms with Gasteiger partial charge in [0.25, 0.3) is 5.56 Å². The highest BCUT2D eigenvalue weighted by atomic mass is 32.1. The van der Waals surface area contributed by atoms with E-state index in [4.69, 9.17) is 5.11 Å². The molecule has 0 saturated heterocycles. The smallest absolute Gasteiger partial charge is 0.341 e. The molecule has 7 heteroatoms. The molecule has 3 rings (SSSR count). The maximum absolute atomic E-state index is 11.7. The molecule has 6 nitrogen and oxygen atoms in total. The minimum Gasteiger partial charge on any atom is -0.477 e. The lowest BCUT2D eigenvalue weighted by Gasteiger charge is -2.04. The zero-order valence-electron chi connectivity index (χ0n) is 10.8. The van der Waals surface area contributed by atoms with Gasteiger partial charge in [-0.1, -0.05) is 11.3 Å². The SMILES string of the molecule is CN(C)c1nc2c(ccc3[nH]c(=O)c(C(=O)O)cc32)s1. The summed E-state index contributed by atoms with van der Waals surface area (Å²) < 4.78 is 0.949. The molecular weight excluding hydrogens is 278 g/mol. The Bertz CT molecular complexity index is 895. The van der Waals surface area contributed by atoms with E-state index in [9.17, 15) is 9.59 Å². The third-order valence-electron chi connectivity index (χ3n) is 2.98. The van der Waals surface area contributed by atoms with Gasteiger partial charge in [-0.15, -0.1) is 0 Å². The number of benzene rings is 1. The number of rotatable bonds is 2. The van der Waals surface area contributed by atoms with Gasteiger partial charge in [0.05, 0.1) is 15.7 Å². The van der Waals surface area contributed by atoms with Crippen molar-refractivity contribution in [2.45, 2.75) is 0 Å². The fourth-order valence-corrected chi connectivity index (χ4v) is 2.91. The topological polar surface area (TPSA) is 86.3 Å². The Hall–Kier alpha value is -2.41. The lowest BCUT2D eigenvalue weighted by Crippen LogP contribution is -2.16. The van der Waals surface area contributed by atoms with Crippen LogP contribution in [-0.2, 0) is 0 Å². The lowest BCUT2D eigenvalue weighted by molar-refractivity contribution is 0.0695. The second-order valence-corrected chi connectivity index (χ2v) is 5.59. The summed E-state index contributed by atoms with van der Waals surface area (Å²) in [5.41, 5.74) is 0.412. The van der Waals surface area contributed by atoms with Crippen LogP contribution in [0.25, 0.3) is 21.1 Å². The van der Waals surface area contributed by atoms with Gasteiger partial charge < -0.3 is 15.0 Å². The molecular formula is C13H11N3O3S. The Balaban J connectivity index is 2.42. The number of carboxylic acid groups (broad SMARTS) is 1. The number of pyridine rings is 1. The Kier molecular flexibility index (Phi) is 2.72. The second kappa shape index (κ2) is 4.31. The van der Waals surface area contributed by atoms with Crippen LogP contribution in [0.1, 0.15) is 10.4 Å². The molecule has 0 aliphatic carbocycles. The average Bonchev–Trinajstić information content (AvgIpc) is 2.81. The quantitative estimate of drug-likeness (QED) is 0.752. The van der Waals surface area contributed by atoms with E-state index in [0.29, 0.717) is 16.4 Å². The summed E-state index contributed by atoms with van der Waals surface area (Å²) in [5.74, 6) is -1.24. The molecule has 3 aromatic rings. The Morgan fingerprint density at radius 3 is 2.80 bits per heavy atom. The molecule has 2 aromatic heterocycles. The third kappa shape index (κ3) is 1.83. The highest BCUT2D eigenvalue weighted by molar-refractivity contribution is 7.22. The van der Waals surface area contributed by atoms with Gasteiger partial charge >= 0.3 is 5.97 Å². The second-order valence-electron chi connectivity index (χ2n) is 4.58. The number of H-pyrrole nitrogens is 1. The summed E-state index contributed by atoms with van der Waals surface area (Å²) in [6, 6.07) is 5.03. The van der Waals surface area contributed by atoms with Crippen molar-refractivity contribution in [1.82, 2.24) is 9.97 Å². The molecule has 0 spiro atoms. The molecule has 0 saturated carbocycles. The van der Waals surface area contributed by atoms with E-state index in [0.717, 1.165) is 9.83 Å². The molecule has 20 heavy (non-hydrogen) atoms. The first-order valence-corrected chi connectivity index (χ1v) is 6.66. The van der Waals surface area contributed by atoms with Crippen LogP contribution >= 0.6 is 11.3 Å². The van der Waals surface area contributed by atoms with E-state index >= 15 is 0 Å². The summed E-state index contributed by atoms with van der Waals surface area (Å²) in [6.07, 6.45) is 0. The summed E-state index contributed by atoms with van der Waals surface area (Å²) in [5, 5.41) is 10.5. The van der Waals surface area contributed by atoms with Gasteiger partial charge in [-0.3, -0.25) is 4.79 Å². The fraction of sp³-hybridized carbons (Fsp3) is 0.154. The highest BCUT2D eigenvalue weighted by Gasteiger charge is 2.14. The van der Waals surface area contributed by atoms with Crippen molar-refractivity contribution in [3.63, 3.8) is 0 Å². The number of aromatic amines is 1. The summed E-state index contributed by atoms with van der Waals surface area (Å²) in [4.78, 5) is 31.7. The number of carboxylic acids is 1. The van der Waals surface area contributed by atoms with E-state index in [2.05, 4.69) is 9.97 Å². The molecule has 0 unspecified atom stereocenters. The number of thiazole rings is 1. The largest absolute Gasteiger partial charge is 0.477 e. The van der Waals surface area contributed by atoms with Gasteiger partial charge in [-0.2, -0.15) is 0 Å². The van der Waals surface area contributed by atoms with Crippen molar-refractivity contribution in [3.8, 4) is 0 Å². The molecule has 0 aliphatic heterocycles. The van der Waals surface area contributed by atoms with E-state index in [1.165, 1.54) is 17.4 Å². The number of fused-ring (bicyclic) bond motifs is 3. The molecule has 0 amide bonds. The van der Waals surface area contributed by atoms with Crippen molar-refractivity contribution in [2.75, 3.05) is 19.0 Å². The van der Waals surface area contributed by atoms with Crippen molar-refractivity contribution in [3.05, 3.63) is 34.1 Å². The lowest BCUT2D eigenvalue weighted by atomic mass is 10.1. The van der Waals surface area contributed by atoms with E-state index in [-0.39, 0.29) is 5.56 Å². The van der Waals surface area contributed by atoms with Gasteiger partial charge in [0.1, 0.15) is 5.56 Å². The van der Waals surface area contributed by atoms with Crippen LogP contribution < -0.4 is 10.5 Å². The molecule has 0 aliphatic rings. The molecule has 102 valence electrons. The van der Waals surface area contributed by atoms with Crippen LogP contribution in [0.3, 0.4) is 0 Å². The van der Waals surface area contributed by atoms with Crippen LogP contribution in [0.2, 0.25) is 0 Å². The minimum atomic E-state index is -1.24. The molecule has 1 aromatic carbocycles. The number of anilines is 1. The number of aromatic nitrogens is 2. The first kappa shape index (κ1) is 12.6. The predicted molar refractivity (Wildman–Crippen MR) is 79.0 cm³/mol. The number of nitrogens with zero attached hydrogens (tertiary/aromatic N) is 2. The molecule has 2 heterocycles. The zero-order chi connectivity index (χ0) is 14.4. The summed E-state index contributed by atoms with van der Waals surface area (Å²) >= 11 is 1.51. The van der Waals surface area contributed by atoms with Crippen molar-refractivity contribution in [1.29, 1.82) is 0 Å². The number of aromatic carboxylic acids is 1. The van der Waals surface area contributed by atoms with E-state index < -0.39 is 11.5 Å². The summed E-state index contributed by atoms with van der Waals surface area (Å²) in [6.45, 7) is 0. The van der Waals surface area contributed by atoms with Gasteiger partial charge in [0.15, 0.2) is 5.13 Å². The van der Waals surface area contributed by atoms with Crippen LogP contribution in [-0.4, -0.2) is 35.1 Å². The molecule has 0 bridgehead atoms. The molecule has 0 atom stereocenters. The van der Waals surface area contributed by atoms with Crippen molar-refractivity contribution >= 4 is 43.6 Å². The van der Waals surface area contributed by atoms with Crippen LogP contribution in [0.4, 0.5) is 5.13 Å². The first-order valence-electron chi connectivity index (χ1n) is 5.84. The number of nitrogens with one attached hydrogen (secondary N) is 1. The van der Waals surface area contributed by atoms with Gasteiger partial charge in [0, 0.05) is 19.5 Å². The first-order chi connectivity index (χ1) is 9.47. The molecule has 0 fully saturated rings. The maximum atomic E-state index is 11.7. The van der Waals surface area contributed by atoms with Crippen molar-refractivity contribution < 1.29 is 9.90 Å². The predicted octanol–water partition coefficient (Wildman–Crippen LogP) is 1.90. The van der Waals surface area contributed by atoms with Crippen molar-refractivity contribution in [2.24, 2.45) is 0 Å². The number of hydrogen-bond donors (Lipinski definition) is 2. The Morgan fingerprint density at radius 2 is 2.15 bits per heavy atom. The Morgan fingerprint density at radius 1 is 1.40 bits per heavy atom. The van der Waals surface area contributed by atoms with E-state index in [1.807, 2.05) is 25.1 Å². The maximum Gasteiger partial charge on any atom is 0.341 e. The third-order valence-corrected chi connectivity index (χ3v) is 4.17. The molecule has 2 N–H and O–H groups in total. The van der Waals surface area contributed by atoms with Gasteiger partial charge in [0.2, 0.25) is 0 Å². The number of carbonyl (C=O) groups is 1. The van der Waals surface area contributed by atoms with Crippen LogP contribution in [0.15, 0.2) is 23.0 Å². The zero-order valence-corrected chi connectivity index (χ0v) is 11.6. The van der Waals surface area contributed by atoms with E-state index in [1.54, 1.807) is 6.07 Å². The normalized spacial score (nSPS) is 11.1. The molecule has 0 radical (unpaired) electrons. The monoisotopic (exact) mass is 289 g/mol. The summed E-state index contributed by atoms with van der Waals surface area (Å²) in [7, 11) is 3.79. The number of hydrogen-bond acceptors (Lipinski definition) is 5. The minimum absolute atomic E-state index is 0.274. The van der Waals surface area contributed by atoms with Crippen LogP contribution in [0, 0.1) is 0 Å². The fourth-order valence-electron chi connectivity index (χ4n) is 2.01.